The second-order valence-corrected chi connectivity index (χ2v) is 14.3. The molecule has 1 aliphatic rings. The molecule has 55 heavy (non-hydrogen) atoms. The Bertz CT molecular complexity index is 2960. The van der Waals surface area contributed by atoms with Crippen molar-refractivity contribution in [3.05, 3.63) is 207 Å². The molecule has 1 aromatic heterocycles. The van der Waals surface area contributed by atoms with Gasteiger partial charge < -0.3 is 4.90 Å². The van der Waals surface area contributed by atoms with Crippen LogP contribution in [0.1, 0.15) is 0 Å². The van der Waals surface area contributed by atoms with Crippen molar-refractivity contribution >= 4 is 49.4 Å². The van der Waals surface area contributed by atoms with Crippen molar-refractivity contribution < 1.29 is 0 Å². The number of nitrogens with zero attached hydrogens (tertiary/aromatic N) is 2. The Kier molecular flexibility index (Phi) is 7.21. The lowest BCUT2D eigenvalue weighted by Crippen LogP contribution is -2.10. The molecule has 1 heterocycles. The number of aromatic nitrogens is 1. The Labute approximate surface area is 320 Å². The monoisotopic (exact) mass is 698 g/mol. The lowest BCUT2D eigenvalue weighted by molar-refractivity contribution is 1.25. The first-order valence-electron chi connectivity index (χ1n) is 18.9. The molecule has 0 amide bonds. The van der Waals surface area contributed by atoms with E-state index in [1.54, 1.807) is 0 Å². The number of anilines is 3. The maximum Gasteiger partial charge on any atom is 0.0540 e. The van der Waals surface area contributed by atoms with Crippen LogP contribution in [-0.2, 0) is 0 Å². The summed E-state index contributed by atoms with van der Waals surface area (Å²) in [6.45, 7) is 0. The van der Waals surface area contributed by atoms with Crippen LogP contribution < -0.4 is 4.90 Å². The summed E-state index contributed by atoms with van der Waals surface area (Å²) in [4.78, 5) is 6.66. The average Bonchev–Trinajstić information content (AvgIpc) is 3.59. The molecule has 0 atom stereocenters. The van der Waals surface area contributed by atoms with Gasteiger partial charge in [0.05, 0.1) is 5.69 Å². The summed E-state index contributed by atoms with van der Waals surface area (Å²) in [5.74, 6) is 0. The van der Waals surface area contributed by atoms with E-state index < -0.39 is 0 Å². The van der Waals surface area contributed by atoms with Crippen LogP contribution in [0, 0.1) is 0 Å². The maximum atomic E-state index is 4.33. The van der Waals surface area contributed by atoms with E-state index in [0.29, 0.717) is 0 Å². The fraction of sp³-hybridized carbons (Fsp3) is 0. The molecule has 0 saturated carbocycles. The number of rotatable bonds is 6. The maximum absolute atomic E-state index is 4.33. The quantitative estimate of drug-likeness (QED) is 0.172. The van der Waals surface area contributed by atoms with Crippen molar-refractivity contribution in [3.63, 3.8) is 0 Å². The Morgan fingerprint density at radius 2 is 0.818 bits per heavy atom. The van der Waals surface area contributed by atoms with Crippen molar-refractivity contribution in [2.75, 3.05) is 4.90 Å². The smallest absolute Gasteiger partial charge is 0.0540 e. The first kappa shape index (κ1) is 31.3. The summed E-state index contributed by atoms with van der Waals surface area (Å²) >= 11 is 0. The van der Waals surface area contributed by atoms with Gasteiger partial charge in [-0.2, -0.15) is 0 Å². The highest BCUT2D eigenvalue weighted by Crippen LogP contribution is 2.58. The van der Waals surface area contributed by atoms with Crippen molar-refractivity contribution in [3.8, 4) is 55.6 Å². The molecule has 0 spiro atoms. The van der Waals surface area contributed by atoms with Gasteiger partial charge in [-0.15, -0.1) is 0 Å². The standard InChI is InChI=1S/C53H34N2/c1-3-14-37(15-4-1)49-44-20-9-10-21-45(44)50(38-16-5-2-6-17-38)53-47-30-29-41(43-22-12-23-46(51(43)47)52(49)53)36-25-27-39(28-26-36)55(40-31-33-54-34-32-40)48-24-11-18-35-13-7-8-19-42(35)48/h1-34H. The highest BCUT2D eigenvalue weighted by Gasteiger charge is 2.31. The second kappa shape index (κ2) is 12.7. The summed E-state index contributed by atoms with van der Waals surface area (Å²) < 4.78 is 0. The van der Waals surface area contributed by atoms with Gasteiger partial charge in [0.2, 0.25) is 0 Å². The van der Waals surface area contributed by atoms with Gasteiger partial charge in [-0.25, -0.2) is 0 Å². The van der Waals surface area contributed by atoms with Crippen LogP contribution in [0.25, 0.3) is 88.0 Å². The van der Waals surface area contributed by atoms with Crippen LogP contribution >= 0.6 is 0 Å². The molecule has 0 aliphatic heterocycles. The lowest BCUT2D eigenvalue weighted by atomic mass is 9.82. The molecular formula is C53H34N2. The largest absolute Gasteiger partial charge is 0.310 e. The molecule has 0 radical (unpaired) electrons. The zero-order chi connectivity index (χ0) is 36.3. The molecule has 9 aromatic carbocycles. The molecule has 10 aromatic rings. The minimum Gasteiger partial charge on any atom is -0.310 e. The van der Waals surface area contributed by atoms with Gasteiger partial charge in [0.15, 0.2) is 0 Å². The molecule has 0 N–H and O–H groups in total. The second-order valence-electron chi connectivity index (χ2n) is 14.3. The topological polar surface area (TPSA) is 16.1 Å². The van der Waals surface area contributed by atoms with Gasteiger partial charge in [0, 0.05) is 29.2 Å². The van der Waals surface area contributed by atoms with Gasteiger partial charge in [0.1, 0.15) is 0 Å². The number of pyridine rings is 1. The highest BCUT2D eigenvalue weighted by molar-refractivity contribution is 6.28. The van der Waals surface area contributed by atoms with Crippen LogP contribution in [0.3, 0.4) is 0 Å². The zero-order valence-corrected chi connectivity index (χ0v) is 30.0. The molecule has 11 rings (SSSR count). The fourth-order valence-corrected chi connectivity index (χ4v) is 8.98. The van der Waals surface area contributed by atoms with Crippen LogP contribution in [0.4, 0.5) is 17.1 Å². The Hall–Kier alpha value is -7.29. The normalized spacial score (nSPS) is 11.6. The van der Waals surface area contributed by atoms with E-state index in [-0.39, 0.29) is 0 Å². The van der Waals surface area contributed by atoms with Gasteiger partial charge in [-0.1, -0.05) is 164 Å². The minimum absolute atomic E-state index is 1.07. The minimum atomic E-state index is 1.07. The lowest BCUT2D eigenvalue weighted by Gasteiger charge is -2.27. The van der Waals surface area contributed by atoms with E-state index in [9.17, 15) is 0 Å². The van der Waals surface area contributed by atoms with E-state index in [2.05, 4.69) is 204 Å². The Morgan fingerprint density at radius 1 is 0.309 bits per heavy atom. The van der Waals surface area contributed by atoms with Crippen LogP contribution in [0.15, 0.2) is 207 Å². The summed E-state index contributed by atoms with van der Waals surface area (Å²) in [7, 11) is 0. The fourth-order valence-electron chi connectivity index (χ4n) is 8.98. The molecule has 2 heteroatoms. The predicted octanol–water partition coefficient (Wildman–Crippen LogP) is 14.7. The number of benzene rings is 9. The third-order valence-electron chi connectivity index (χ3n) is 11.3. The average molecular weight is 699 g/mol. The summed E-state index contributed by atoms with van der Waals surface area (Å²) in [6.07, 6.45) is 3.73. The third-order valence-corrected chi connectivity index (χ3v) is 11.3. The van der Waals surface area contributed by atoms with Crippen molar-refractivity contribution in [1.82, 2.24) is 4.98 Å². The number of hydrogen-bond acceptors (Lipinski definition) is 2. The summed E-state index contributed by atoms with van der Waals surface area (Å²) in [6, 6.07) is 70.7. The van der Waals surface area contributed by atoms with Gasteiger partial charge in [-0.3, -0.25) is 4.98 Å². The third kappa shape index (κ3) is 4.92. The molecule has 0 unspecified atom stereocenters. The van der Waals surface area contributed by atoms with Crippen molar-refractivity contribution in [2.45, 2.75) is 0 Å². The molecule has 0 bridgehead atoms. The molecule has 1 aliphatic carbocycles. The molecule has 256 valence electrons. The first-order chi connectivity index (χ1) is 27.3. The molecule has 2 nitrogen and oxygen atoms in total. The van der Waals surface area contributed by atoms with Gasteiger partial charge in [0.25, 0.3) is 0 Å². The van der Waals surface area contributed by atoms with Gasteiger partial charge in [-0.05, 0) is 113 Å². The summed E-state index contributed by atoms with van der Waals surface area (Å²) in [5, 5.41) is 7.55. The van der Waals surface area contributed by atoms with E-state index >= 15 is 0 Å². The highest BCUT2D eigenvalue weighted by atomic mass is 15.1. The number of fused-ring (bicyclic) bond motifs is 5. The van der Waals surface area contributed by atoms with Crippen LogP contribution in [0.5, 0.6) is 0 Å². The van der Waals surface area contributed by atoms with Crippen molar-refractivity contribution in [2.24, 2.45) is 0 Å². The van der Waals surface area contributed by atoms with E-state index in [0.717, 1.165) is 17.1 Å². The van der Waals surface area contributed by atoms with Crippen LogP contribution in [-0.4, -0.2) is 4.98 Å². The first-order valence-corrected chi connectivity index (χ1v) is 18.9. The Balaban J connectivity index is 1.12. The van der Waals surface area contributed by atoms with Gasteiger partial charge >= 0.3 is 0 Å². The molecule has 0 fully saturated rings. The Morgan fingerprint density at radius 3 is 1.49 bits per heavy atom. The van der Waals surface area contributed by atoms with E-state index in [4.69, 9.17) is 0 Å². The van der Waals surface area contributed by atoms with E-state index in [1.807, 2.05) is 12.4 Å². The number of hydrogen-bond donors (Lipinski definition) is 0. The SMILES string of the molecule is c1ccc(-c2c3c(c(-c4ccccc4)c4ccccc24)-c2ccc(-c4ccc(N(c5ccncc5)c5cccc6ccccc56)cc4)c4cccc-3c24)cc1. The van der Waals surface area contributed by atoms with Crippen LogP contribution in [0.2, 0.25) is 0 Å². The molecule has 0 saturated heterocycles. The molecular weight excluding hydrogens is 665 g/mol. The summed E-state index contributed by atoms with van der Waals surface area (Å²) in [5.41, 5.74) is 16.0. The van der Waals surface area contributed by atoms with Crippen molar-refractivity contribution in [1.29, 1.82) is 0 Å². The van der Waals surface area contributed by atoms with E-state index in [1.165, 1.54) is 88.0 Å². The zero-order valence-electron chi connectivity index (χ0n) is 30.0. The predicted molar refractivity (Wildman–Crippen MR) is 232 cm³/mol.